The van der Waals surface area contributed by atoms with Gasteiger partial charge in [-0.1, -0.05) is 33.1 Å². The Morgan fingerprint density at radius 2 is 1.94 bits per heavy atom. The molecule has 0 aliphatic rings. The van der Waals surface area contributed by atoms with E-state index >= 15 is 0 Å². The number of ether oxygens (including phenoxy) is 1. The number of esters is 1. The standard InChI is InChI=1S/C12H20O4.Cd/c1-3-5-6-10(4-2)9-16-12(15)8-7-11(13)14;/h7-8,10H,3-6,9H2,1-2H3,(H,13,14);/b8-7-;. The van der Waals surface area contributed by atoms with Gasteiger partial charge in [0, 0.05) is 39.5 Å². The van der Waals surface area contributed by atoms with Gasteiger partial charge >= 0.3 is 11.9 Å². The van der Waals surface area contributed by atoms with Gasteiger partial charge in [-0.25, -0.2) is 9.59 Å². The molecule has 0 aliphatic heterocycles. The first-order valence-corrected chi connectivity index (χ1v) is 5.67. The molecule has 0 heterocycles. The summed E-state index contributed by atoms with van der Waals surface area (Å²) in [5.74, 6) is -1.35. The number of carbonyl (C=O) groups excluding carboxylic acids is 1. The van der Waals surface area contributed by atoms with Crippen LogP contribution in [0.3, 0.4) is 0 Å². The Morgan fingerprint density at radius 3 is 2.41 bits per heavy atom. The summed E-state index contributed by atoms with van der Waals surface area (Å²) >= 11 is 0. The fraction of sp³-hybridized carbons (Fsp3) is 0.667. The largest absolute Gasteiger partial charge is 0.478 e. The predicted molar refractivity (Wildman–Crippen MR) is 61.0 cm³/mol. The quantitative estimate of drug-likeness (QED) is 0.418. The first-order chi connectivity index (χ1) is 7.60. The van der Waals surface area contributed by atoms with Gasteiger partial charge in [0.25, 0.3) is 0 Å². The molecule has 0 aromatic carbocycles. The number of hydrogen-bond donors (Lipinski definition) is 1. The van der Waals surface area contributed by atoms with Crippen LogP contribution in [0.5, 0.6) is 0 Å². The molecule has 5 heteroatoms. The van der Waals surface area contributed by atoms with E-state index in [9.17, 15) is 9.59 Å². The molecule has 1 N–H and O–H groups in total. The number of aliphatic carboxylic acids is 1. The van der Waals surface area contributed by atoms with Gasteiger partial charge in [0.05, 0.1) is 6.61 Å². The minimum absolute atomic E-state index is 0. The fourth-order valence-corrected chi connectivity index (χ4v) is 1.29. The van der Waals surface area contributed by atoms with E-state index in [2.05, 4.69) is 13.8 Å². The van der Waals surface area contributed by atoms with Crippen LogP contribution in [0.15, 0.2) is 12.2 Å². The van der Waals surface area contributed by atoms with Gasteiger partial charge in [0.2, 0.25) is 0 Å². The molecule has 0 aliphatic carbocycles. The molecule has 1 unspecified atom stereocenters. The van der Waals surface area contributed by atoms with E-state index in [4.69, 9.17) is 9.84 Å². The summed E-state index contributed by atoms with van der Waals surface area (Å²) in [5, 5.41) is 8.31. The molecule has 1 atom stereocenters. The molecule has 0 amide bonds. The van der Waals surface area contributed by atoms with Gasteiger partial charge < -0.3 is 9.84 Å². The summed E-state index contributed by atoms with van der Waals surface area (Å²) in [5.41, 5.74) is 0. The van der Waals surface area contributed by atoms with Gasteiger partial charge in [-0.2, -0.15) is 0 Å². The van der Waals surface area contributed by atoms with Gasteiger partial charge in [-0.15, -0.1) is 0 Å². The van der Waals surface area contributed by atoms with Gasteiger partial charge in [0.15, 0.2) is 0 Å². The maximum absolute atomic E-state index is 11.1. The number of carboxylic acids is 1. The maximum atomic E-state index is 11.1. The SMILES string of the molecule is CCCCC(CC)COC(=O)/C=C\C(=O)O.[Cd]. The van der Waals surface area contributed by atoms with Crippen molar-refractivity contribution >= 4 is 11.9 Å². The van der Waals surface area contributed by atoms with Crippen LogP contribution >= 0.6 is 0 Å². The van der Waals surface area contributed by atoms with Crippen molar-refractivity contribution in [3.63, 3.8) is 0 Å². The number of carboxylic acid groups (broad SMARTS) is 1. The second kappa shape index (κ2) is 12.1. The Balaban J connectivity index is 0. The van der Waals surface area contributed by atoms with Crippen LogP contribution in [0.1, 0.15) is 39.5 Å². The van der Waals surface area contributed by atoms with Gasteiger partial charge in [0.1, 0.15) is 0 Å². The summed E-state index contributed by atoms with van der Waals surface area (Å²) in [4.78, 5) is 21.2. The Kier molecular flexibility index (Phi) is 13.5. The van der Waals surface area contributed by atoms with Crippen molar-refractivity contribution in [1.82, 2.24) is 0 Å². The minimum atomic E-state index is -1.14. The molecular formula is C12H20CdO4. The summed E-state index contributed by atoms with van der Waals surface area (Å²) in [6.45, 7) is 4.55. The Morgan fingerprint density at radius 1 is 1.29 bits per heavy atom. The van der Waals surface area contributed by atoms with E-state index in [0.717, 1.165) is 37.8 Å². The zero-order valence-corrected chi connectivity index (χ0v) is 14.7. The molecule has 17 heavy (non-hydrogen) atoms. The normalized spacial score (nSPS) is 11.9. The fourth-order valence-electron chi connectivity index (χ4n) is 1.29. The van der Waals surface area contributed by atoms with Gasteiger partial charge in [-0.3, -0.25) is 0 Å². The van der Waals surface area contributed by atoms with E-state index in [1.807, 2.05) is 0 Å². The third kappa shape index (κ3) is 11.9. The maximum Gasteiger partial charge on any atom is 0.331 e. The minimum Gasteiger partial charge on any atom is -0.478 e. The zero-order valence-electron chi connectivity index (χ0n) is 10.6. The number of rotatable bonds is 8. The summed E-state index contributed by atoms with van der Waals surface area (Å²) < 4.78 is 4.95. The molecule has 0 saturated heterocycles. The second-order valence-corrected chi connectivity index (χ2v) is 3.72. The first kappa shape index (κ1) is 19.0. The summed E-state index contributed by atoms with van der Waals surface area (Å²) in [6, 6.07) is 0. The molecule has 0 aromatic rings. The van der Waals surface area contributed by atoms with Crippen LogP contribution in [0.2, 0.25) is 0 Å². The second-order valence-electron chi connectivity index (χ2n) is 3.72. The monoisotopic (exact) mass is 342 g/mol. The van der Waals surface area contributed by atoms with E-state index in [-0.39, 0.29) is 27.3 Å². The van der Waals surface area contributed by atoms with Crippen LogP contribution in [-0.2, 0) is 41.6 Å². The molecule has 94 valence electrons. The predicted octanol–water partition coefficient (Wildman–Crippen LogP) is 2.38. The van der Waals surface area contributed by atoms with Crippen LogP contribution in [0, 0.1) is 5.92 Å². The van der Waals surface area contributed by atoms with E-state index in [0.29, 0.717) is 12.5 Å². The number of hydrogen-bond acceptors (Lipinski definition) is 3. The van der Waals surface area contributed by atoms with Crippen LogP contribution in [0.4, 0.5) is 0 Å². The van der Waals surface area contributed by atoms with E-state index in [1.54, 1.807) is 0 Å². The van der Waals surface area contributed by atoms with Crippen molar-refractivity contribution < 1.29 is 46.7 Å². The van der Waals surface area contributed by atoms with Crippen molar-refractivity contribution in [3.8, 4) is 0 Å². The van der Waals surface area contributed by atoms with E-state index < -0.39 is 11.9 Å². The zero-order chi connectivity index (χ0) is 12.4. The third-order valence-corrected chi connectivity index (χ3v) is 2.37. The molecule has 0 bridgehead atoms. The Labute approximate surface area is 123 Å². The van der Waals surface area contributed by atoms with Crippen LogP contribution in [-0.4, -0.2) is 23.7 Å². The molecule has 0 fully saturated rings. The Bertz CT molecular complexity index is 251. The van der Waals surface area contributed by atoms with E-state index in [1.165, 1.54) is 0 Å². The topological polar surface area (TPSA) is 63.6 Å². The summed E-state index contributed by atoms with van der Waals surface area (Å²) in [6.07, 6.45) is 5.99. The van der Waals surface area contributed by atoms with Crippen molar-refractivity contribution in [2.75, 3.05) is 6.61 Å². The van der Waals surface area contributed by atoms with Crippen molar-refractivity contribution in [2.24, 2.45) is 5.92 Å². The van der Waals surface area contributed by atoms with Crippen molar-refractivity contribution in [1.29, 1.82) is 0 Å². The molecule has 0 aromatic heterocycles. The van der Waals surface area contributed by atoms with Gasteiger partial charge in [-0.05, 0) is 12.3 Å². The number of carbonyl (C=O) groups is 2. The van der Waals surface area contributed by atoms with Crippen LogP contribution in [0.25, 0.3) is 0 Å². The Hall–Kier alpha value is -0.398. The molecule has 0 spiro atoms. The smallest absolute Gasteiger partial charge is 0.331 e. The average molecular weight is 341 g/mol. The molecule has 0 saturated carbocycles. The first-order valence-electron chi connectivity index (χ1n) is 5.67. The third-order valence-electron chi connectivity index (χ3n) is 2.37. The number of unbranched alkanes of at least 4 members (excludes halogenated alkanes) is 1. The molecule has 0 rings (SSSR count). The molecule has 0 radical (unpaired) electrons. The van der Waals surface area contributed by atoms with Crippen molar-refractivity contribution in [2.45, 2.75) is 39.5 Å². The van der Waals surface area contributed by atoms with Crippen molar-refractivity contribution in [3.05, 3.63) is 12.2 Å². The molecule has 4 nitrogen and oxygen atoms in total. The molecular weight excluding hydrogens is 321 g/mol. The van der Waals surface area contributed by atoms with Crippen LogP contribution < -0.4 is 0 Å². The summed E-state index contributed by atoms with van der Waals surface area (Å²) in [7, 11) is 0. The average Bonchev–Trinajstić information content (AvgIpc) is 2.26.